The molecule has 1 N–H and O–H groups in total. The molecule has 1 heterocycles. The van der Waals surface area contributed by atoms with Gasteiger partial charge >= 0.3 is 0 Å². The van der Waals surface area contributed by atoms with E-state index in [1.807, 2.05) is 0 Å². The highest BCUT2D eigenvalue weighted by Crippen LogP contribution is 2.34. The maximum Gasteiger partial charge on any atom is 0.0806 e. The number of hydrogen-bond acceptors (Lipinski definition) is 3. The molecule has 0 spiro atoms. The molecule has 2 aliphatic rings. The van der Waals surface area contributed by atoms with Crippen molar-refractivity contribution < 1.29 is 9.47 Å². The lowest BCUT2D eigenvalue weighted by Crippen LogP contribution is -2.48. The summed E-state index contributed by atoms with van der Waals surface area (Å²) in [5.41, 5.74) is 0.269. The van der Waals surface area contributed by atoms with Crippen molar-refractivity contribution in [2.24, 2.45) is 5.92 Å². The van der Waals surface area contributed by atoms with Gasteiger partial charge in [-0.25, -0.2) is 0 Å². The third-order valence-corrected chi connectivity index (χ3v) is 4.10. The molecule has 0 aromatic carbocycles. The number of hydrogen-bond donors (Lipinski definition) is 1. The Morgan fingerprint density at radius 1 is 1.28 bits per heavy atom. The minimum Gasteiger partial charge on any atom is -0.381 e. The highest BCUT2D eigenvalue weighted by molar-refractivity contribution is 4.91. The van der Waals surface area contributed by atoms with Crippen molar-refractivity contribution >= 4 is 0 Å². The van der Waals surface area contributed by atoms with Crippen molar-refractivity contribution in [3.05, 3.63) is 0 Å². The van der Waals surface area contributed by atoms with Crippen LogP contribution in [-0.2, 0) is 9.47 Å². The van der Waals surface area contributed by atoms with Crippen molar-refractivity contribution in [2.75, 3.05) is 26.4 Å². The summed E-state index contributed by atoms with van der Waals surface area (Å²) in [6.45, 7) is 10.3. The summed E-state index contributed by atoms with van der Waals surface area (Å²) in [5.74, 6) is 0.622. The van der Waals surface area contributed by atoms with E-state index in [4.69, 9.17) is 9.47 Å². The van der Waals surface area contributed by atoms with Crippen LogP contribution in [0.1, 0.15) is 52.9 Å². The fourth-order valence-electron chi connectivity index (χ4n) is 2.83. The van der Waals surface area contributed by atoms with Gasteiger partial charge in [-0.1, -0.05) is 12.8 Å². The monoisotopic (exact) mass is 255 g/mol. The number of nitrogens with one attached hydrogen (secondary N) is 1. The summed E-state index contributed by atoms with van der Waals surface area (Å²) in [7, 11) is 0. The molecule has 0 aromatic rings. The van der Waals surface area contributed by atoms with Crippen molar-refractivity contribution in [2.45, 2.75) is 64.0 Å². The van der Waals surface area contributed by atoms with Crippen LogP contribution in [0.5, 0.6) is 0 Å². The van der Waals surface area contributed by atoms with E-state index >= 15 is 0 Å². The molecule has 106 valence electrons. The van der Waals surface area contributed by atoms with E-state index in [0.29, 0.717) is 5.92 Å². The molecule has 1 atom stereocenters. The molecule has 1 saturated carbocycles. The zero-order chi connectivity index (χ0) is 13.1. The van der Waals surface area contributed by atoms with E-state index in [0.717, 1.165) is 26.4 Å². The molecule has 18 heavy (non-hydrogen) atoms. The van der Waals surface area contributed by atoms with Crippen LogP contribution >= 0.6 is 0 Å². The van der Waals surface area contributed by atoms with Crippen molar-refractivity contribution in [3.63, 3.8) is 0 Å². The Labute approximate surface area is 112 Å². The average Bonchev–Trinajstić information content (AvgIpc) is 2.96. The first-order valence-electron chi connectivity index (χ1n) is 7.46. The molecule has 1 unspecified atom stereocenters. The number of rotatable bonds is 5. The molecule has 0 radical (unpaired) electrons. The Morgan fingerprint density at radius 3 is 2.56 bits per heavy atom. The Hall–Kier alpha value is -0.120. The van der Waals surface area contributed by atoms with Crippen LogP contribution in [0.2, 0.25) is 0 Å². The van der Waals surface area contributed by atoms with E-state index in [1.54, 1.807) is 0 Å². The van der Waals surface area contributed by atoms with Gasteiger partial charge in [-0.3, -0.25) is 0 Å². The van der Waals surface area contributed by atoms with Gasteiger partial charge in [0.2, 0.25) is 0 Å². The van der Waals surface area contributed by atoms with Gasteiger partial charge in [-0.15, -0.1) is 0 Å². The standard InChI is InChI=1S/C15H29NO2/c1-14(2,3)16-12-15(7-4-5-8-15)18-11-13-6-9-17-10-13/h13,16H,4-12H2,1-3H3. The van der Waals surface area contributed by atoms with Gasteiger partial charge in [0.25, 0.3) is 0 Å². The Morgan fingerprint density at radius 2 is 2.00 bits per heavy atom. The topological polar surface area (TPSA) is 30.5 Å². The largest absolute Gasteiger partial charge is 0.381 e. The van der Waals surface area contributed by atoms with Gasteiger partial charge in [0.05, 0.1) is 18.8 Å². The molecule has 3 nitrogen and oxygen atoms in total. The summed E-state index contributed by atoms with van der Waals surface area (Å²) in [5, 5.41) is 3.62. The maximum atomic E-state index is 6.33. The smallest absolute Gasteiger partial charge is 0.0806 e. The van der Waals surface area contributed by atoms with Crippen LogP contribution in [0, 0.1) is 5.92 Å². The van der Waals surface area contributed by atoms with Gasteiger partial charge < -0.3 is 14.8 Å². The van der Waals surface area contributed by atoms with E-state index in [2.05, 4.69) is 26.1 Å². The van der Waals surface area contributed by atoms with Crippen LogP contribution in [0.3, 0.4) is 0 Å². The second-order valence-electron chi connectivity index (χ2n) is 7.03. The highest BCUT2D eigenvalue weighted by Gasteiger charge is 2.36. The van der Waals surface area contributed by atoms with E-state index in [9.17, 15) is 0 Å². The first kappa shape index (κ1) is 14.3. The molecule has 0 amide bonds. The van der Waals surface area contributed by atoms with Gasteiger partial charge in [-0.2, -0.15) is 0 Å². The van der Waals surface area contributed by atoms with Gasteiger partial charge in [0, 0.05) is 24.6 Å². The Bertz CT molecular complexity index is 248. The molecule has 2 fully saturated rings. The van der Waals surface area contributed by atoms with E-state index < -0.39 is 0 Å². The van der Waals surface area contributed by atoms with E-state index in [1.165, 1.54) is 32.1 Å². The Kier molecular flexibility index (Phi) is 4.68. The fraction of sp³-hybridized carbons (Fsp3) is 1.00. The minimum absolute atomic E-state index is 0.0931. The molecular formula is C15H29NO2. The highest BCUT2D eigenvalue weighted by atomic mass is 16.5. The second-order valence-corrected chi connectivity index (χ2v) is 7.03. The molecule has 3 heteroatoms. The third-order valence-electron chi connectivity index (χ3n) is 4.10. The molecule has 0 bridgehead atoms. The van der Waals surface area contributed by atoms with Gasteiger partial charge in [0.15, 0.2) is 0 Å². The van der Waals surface area contributed by atoms with Crippen LogP contribution in [-0.4, -0.2) is 37.5 Å². The van der Waals surface area contributed by atoms with Crippen molar-refractivity contribution in [1.29, 1.82) is 0 Å². The zero-order valence-electron chi connectivity index (χ0n) is 12.3. The number of ether oxygens (including phenoxy) is 2. The van der Waals surface area contributed by atoms with Gasteiger partial charge in [-0.05, 0) is 40.0 Å². The molecule has 1 aliphatic heterocycles. The lowest BCUT2D eigenvalue weighted by atomic mass is 9.99. The predicted octanol–water partition coefficient (Wildman–Crippen LogP) is 2.74. The van der Waals surface area contributed by atoms with Crippen LogP contribution < -0.4 is 5.32 Å². The molecular weight excluding hydrogens is 226 g/mol. The third kappa shape index (κ3) is 4.22. The van der Waals surface area contributed by atoms with Crippen LogP contribution in [0.15, 0.2) is 0 Å². The fourth-order valence-corrected chi connectivity index (χ4v) is 2.83. The maximum absolute atomic E-state index is 6.33. The quantitative estimate of drug-likeness (QED) is 0.819. The predicted molar refractivity (Wildman–Crippen MR) is 73.8 cm³/mol. The lowest BCUT2D eigenvalue weighted by Gasteiger charge is -2.34. The normalized spacial score (nSPS) is 27.8. The summed E-state index contributed by atoms with van der Waals surface area (Å²) in [6.07, 6.45) is 6.22. The summed E-state index contributed by atoms with van der Waals surface area (Å²) in [4.78, 5) is 0. The minimum atomic E-state index is 0.0931. The molecule has 1 saturated heterocycles. The molecule has 1 aliphatic carbocycles. The molecule has 0 aromatic heterocycles. The zero-order valence-corrected chi connectivity index (χ0v) is 12.3. The van der Waals surface area contributed by atoms with E-state index in [-0.39, 0.29) is 11.1 Å². The van der Waals surface area contributed by atoms with Crippen LogP contribution in [0.4, 0.5) is 0 Å². The summed E-state index contributed by atoms with van der Waals surface area (Å²) < 4.78 is 11.8. The first-order valence-corrected chi connectivity index (χ1v) is 7.46. The Balaban J connectivity index is 1.81. The van der Waals surface area contributed by atoms with Crippen molar-refractivity contribution in [1.82, 2.24) is 5.32 Å². The summed E-state index contributed by atoms with van der Waals surface area (Å²) >= 11 is 0. The van der Waals surface area contributed by atoms with Crippen molar-refractivity contribution in [3.8, 4) is 0 Å². The average molecular weight is 255 g/mol. The van der Waals surface area contributed by atoms with Crippen LogP contribution in [0.25, 0.3) is 0 Å². The lowest BCUT2D eigenvalue weighted by molar-refractivity contribution is -0.0583. The second kappa shape index (κ2) is 5.89. The molecule has 2 rings (SSSR count). The SMILES string of the molecule is CC(C)(C)NCC1(OCC2CCOC2)CCCC1. The van der Waals surface area contributed by atoms with Gasteiger partial charge in [0.1, 0.15) is 0 Å². The first-order chi connectivity index (χ1) is 8.49. The summed E-state index contributed by atoms with van der Waals surface area (Å²) in [6, 6.07) is 0.